The Kier molecular flexibility index (Phi) is 4.83. The number of fused-ring (bicyclic) bond motifs is 1. The van der Waals surface area contributed by atoms with Crippen LogP contribution in [0.25, 0.3) is 16.7 Å². The van der Waals surface area contributed by atoms with Gasteiger partial charge in [0, 0.05) is 12.0 Å². The van der Waals surface area contributed by atoms with Crippen molar-refractivity contribution in [3.63, 3.8) is 0 Å². The molecular formula is C21H23N3O3. The van der Waals surface area contributed by atoms with E-state index in [4.69, 9.17) is 0 Å². The van der Waals surface area contributed by atoms with Gasteiger partial charge in [-0.05, 0) is 47.7 Å². The number of rotatable bonds is 6. The van der Waals surface area contributed by atoms with Crippen molar-refractivity contribution in [2.45, 2.75) is 46.0 Å². The first-order valence-electron chi connectivity index (χ1n) is 9.05. The van der Waals surface area contributed by atoms with Gasteiger partial charge in [-0.15, -0.1) is 15.0 Å². The summed E-state index contributed by atoms with van der Waals surface area (Å²) < 4.78 is 0. The zero-order chi connectivity index (χ0) is 19.8. The van der Waals surface area contributed by atoms with Crippen molar-refractivity contribution >= 4 is 22.6 Å². The summed E-state index contributed by atoms with van der Waals surface area (Å²) in [7, 11) is 0. The van der Waals surface area contributed by atoms with Gasteiger partial charge in [0.1, 0.15) is 22.5 Å². The molecule has 2 aromatic carbocycles. The molecule has 0 bridgehead atoms. The van der Waals surface area contributed by atoms with Gasteiger partial charge in [-0.1, -0.05) is 33.8 Å². The van der Waals surface area contributed by atoms with Crippen LogP contribution in [0.4, 0.5) is 0 Å². The molecule has 0 radical (unpaired) electrons. The molecule has 0 unspecified atom stereocenters. The molecule has 6 nitrogen and oxygen atoms in total. The second-order valence-corrected chi connectivity index (χ2v) is 7.24. The van der Waals surface area contributed by atoms with E-state index in [1.807, 2.05) is 12.1 Å². The zero-order valence-corrected chi connectivity index (χ0v) is 16.0. The normalized spacial score (nSPS) is 11.7. The molecule has 3 aromatic rings. The minimum atomic E-state index is -0.525. The smallest absolute Gasteiger partial charge is 0.228 e. The number of hydrogen-bond donors (Lipinski definition) is 1. The van der Waals surface area contributed by atoms with Crippen LogP contribution < -0.4 is 0 Å². The number of phenolic OH excluding ortho intramolecular Hbond substituents is 1. The first-order chi connectivity index (χ1) is 12.8. The van der Waals surface area contributed by atoms with Crippen molar-refractivity contribution in [3.8, 4) is 11.4 Å². The van der Waals surface area contributed by atoms with Crippen molar-refractivity contribution in [3.05, 3.63) is 47.5 Å². The maximum absolute atomic E-state index is 12.1. The first kappa shape index (κ1) is 18.8. The molecular weight excluding hydrogens is 342 g/mol. The highest BCUT2D eigenvalue weighted by molar-refractivity contribution is 6.43. The molecule has 1 N–H and O–H groups in total. The highest BCUT2D eigenvalue weighted by Gasteiger charge is 2.21. The van der Waals surface area contributed by atoms with Crippen molar-refractivity contribution in [1.82, 2.24) is 15.0 Å². The lowest BCUT2D eigenvalue weighted by Crippen LogP contribution is -2.16. The lowest BCUT2D eigenvalue weighted by molar-refractivity contribution is -0.114. The molecule has 0 fully saturated rings. The Morgan fingerprint density at radius 2 is 1.74 bits per heavy atom. The Bertz CT molecular complexity index is 1030. The van der Waals surface area contributed by atoms with Gasteiger partial charge in [0.05, 0.1) is 0 Å². The highest BCUT2D eigenvalue weighted by atomic mass is 16.3. The maximum Gasteiger partial charge on any atom is 0.228 e. The average Bonchev–Trinajstić information content (AvgIpc) is 3.09. The maximum atomic E-state index is 12.1. The number of carbonyl (C=O) groups excluding carboxylic acids is 2. The number of Topliss-reactive ketones (excluding diaryl/α,β-unsaturated/α-hetero) is 2. The fourth-order valence-electron chi connectivity index (χ4n) is 2.79. The van der Waals surface area contributed by atoms with Gasteiger partial charge in [-0.3, -0.25) is 9.59 Å². The number of nitrogens with zero attached hydrogens (tertiary/aromatic N) is 3. The van der Waals surface area contributed by atoms with E-state index in [2.05, 4.69) is 31.0 Å². The summed E-state index contributed by atoms with van der Waals surface area (Å²) in [5.41, 5.74) is 2.87. The summed E-state index contributed by atoms with van der Waals surface area (Å²) in [6.45, 7) is 8.04. The summed E-state index contributed by atoms with van der Waals surface area (Å²) >= 11 is 0. The number of benzene rings is 2. The molecule has 0 aliphatic carbocycles. The van der Waals surface area contributed by atoms with E-state index in [-0.39, 0.29) is 17.6 Å². The molecule has 1 heterocycles. The Morgan fingerprint density at radius 1 is 1.04 bits per heavy atom. The monoisotopic (exact) mass is 365 g/mol. The van der Waals surface area contributed by atoms with E-state index in [1.165, 1.54) is 4.80 Å². The number of phenols is 1. The van der Waals surface area contributed by atoms with Crippen LogP contribution >= 0.6 is 0 Å². The molecule has 1 aromatic heterocycles. The van der Waals surface area contributed by atoms with E-state index < -0.39 is 11.6 Å². The summed E-state index contributed by atoms with van der Waals surface area (Å²) in [5, 5.41) is 19.1. The van der Waals surface area contributed by atoms with Crippen LogP contribution in [0, 0.1) is 0 Å². The number of carbonyl (C=O) groups is 2. The summed E-state index contributed by atoms with van der Waals surface area (Å²) in [6, 6.07) is 10.2. The topological polar surface area (TPSA) is 85.1 Å². The SMILES string of the molecule is CCC(=O)C(=O)c1ccc2nn(-c3cc(C(C)(C)CC)ccc3O)nc2c1. The third-order valence-corrected chi connectivity index (χ3v) is 5.07. The second kappa shape index (κ2) is 6.95. The fourth-order valence-corrected chi connectivity index (χ4v) is 2.79. The molecule has 27 heavy (non-hydrogen) atoms. The Hall–Kier alpha value is -3.02. The number of aromatic hydroxyl groups is 1. The number of ketones is 2. The molecule has 0 spiro atoms. The van der Waals surface area contributed by atoms with Gasteiger partial charge < -0.3 is 5.11 Å². The molecule has 0 aliphatic rings. The largest absolute Gasteiger partial charge is 0.506 e. The lowest BCUT2D eigenvalue weighted by Gasteiger charge is -2.24. The zero-order valence-electron chi connectivity index (χ0n) is 16.0. The number of hydrogen-bond acceptors (Lipinski definition) is 5. The molecule has 140 valence electrons. The fraction of sp³-hybridized carbons (Fsp3) is 0.333. The van der Waals surface area contributed by atoms with Gasteiger partial charge in [-0.25, -0.2) is 0 Å². The van der Waals surface area contributed by atoms with Crippen LogP contribution in [0.1, 0.15) is 56.5 Å². The van der Waals surface area contributed by atoms with Crippen molar-refractivity contribution in [2.24, 2.45) is 0 Å². The van der Waals surface area contributed by atoms with Crippen LogP contribution in [0.3, 0.4) is 0 Å². The summed E-state index contributed by atoms with van der Waals surface area (Å²) in [4.78, 5) is 25.1. The standard InChI is InChI=1S/C21H23N3O3/c1-5-18(25)20(27)13-7-9-15-16(11-13)23-24(22-15)17-12-14(8-10-19(17)26)21(3,4)6-2/h7-12,26H,5-6H2,1-4H3. The minimum absolute atomic E-state index is 0.0465. The van der Waals surface area contributed by atoms with E-state index in [0.29, 0.717) is 22.3 Å². The lowest BCUT2D eigenvalue weighted by atomic mass is 9.82. The predicted molar refractivity (Wildman–Crippen MR) is 103 cm³/mol. The predicted octanol–water partition coefficient (Wildman–Crippen LogP) is 3.98. The Morgan fingerprint density at radius 3 is 2.41 bits per heavy atom. The van der Waals surface area contributed by atoms with Gasteiger partial charge >= 0.3 is 0 Å². The van der Waals surface area contributed by atoms with Gasteiger partial charge in [-0.2, -0.15) is 0 Å². The molecule has 0 amide bonds. The van der Waals surface area contributed by atoms with E-state index in [9.17, 15) is 14.7 Å². The molecule has 3 rings (SSSR count). The van der Waals surface area contributed by atoms with Gasteiger partial charge in [0.25, 0.3) is 0 Å². The second-order valence-electron chi connectivity index (χ2n) is 7.24. The van der Waals surface area contributed by atoms with E-state index >= 15 is 0 Å². The highest BCUT2D eigenvalue weighted by Crippen LogP contribution is 2.32. The minimum Gasteiger partial charge on any atom is -0.506 e. The van der Waals surface area contributed by atoms with Crippen molar-refractivity contribution in [1.29, 1.82) is 0 Å². The van der Waals surface area contributed by atoms with Crippen LogP contribution in [0.5, 0.6) is 5.75 Å². The van der Waals surface area contributed by atoms with E-state index in [1.54, 1.807) is 31.2 Å². The molecule has 0 atom stereocenters. The number of aromatic nitrogens is 3. The van der Waals surface area contributed by atoms with Crippen LogP contribution in [0.2, 0.25) is 0 Å². The van der Waals surface area contributed by atoms with Crippen molar-refractivity contribution in [2.75, 3.05) is 0 Å². The summed E-state index contributed by atoms with van der Waals surface area (Å²) in [6.07, 6.45) is 1.11. The molecule has 0 saturated heterocycles. The third kappa shape index (κ3) is 3.47. The third-order valence-electron chi connectivity index (χ3n) is 5.07. The molecule has 0 aliphatic heterocycles. The Balaban J connectivity index is 2.07. The van der Waals surface area contributed by atoms with Crippen molar-refractivity contribution < 1.29 is 14.7 Å². The van der Waals surface area contributed by atoms with E-state index in [0.717, 1.165) is 12.0 Å². The molecule has 0 saturated carbocycles. The van der Waals surface area contributed by atoms with Gasteiger partial charge in [0.2, 0.25) is 11.6 Å². The first-order valence-corrected chi connectivity index (χ1v) is 9.05. The van der Waals surface area contributed by atoms with Crippen LogP contribution in [0.15, 0.2) is 36.4 Å². The molecule has 6 heteroatoms. The van der Waals surface area contributed by atoms with Crippen LogP contribution in [-0.2, 0) is 10.2 Å². The Labute approximate surface area is 157 Å². The average molecular weight is 365 g/mol. The van der Waals surface area contributed by atoms with Crippen LogP contribution in [-0.4, -0.2) is 31.7 Å². The van der Waals surface area contributed by atoms with Gasteiger partial charge in [0.15, 0.2) is 0 Å². The summed E-state index contributed by atoms with van der Waals surface area (Å²) in [5.74, 6) is -0.888. The quantitative estimate of drug-likeness (QED) is 0.528.